The van der Waals surface area contributed by atoms with Gasteiger partial charge in [0.25, 0.3) is 0 Å². The van der Waals surface area contributed by atoms with Crippen molar-refractivity contribution in [2.75, 3.05) is 13.2 Å². The van der Waals surface area contributed by atoms with Crippen LogP contribution in [0.1, 0.15) is 348 Å². The maximum atomic E-state index is 12.9. The number of allylic oxidation sites excluding steroid dienone is 12. The first kappa shape index (κ1) is 74.8. The van der Waals surface area contributed by atoms with E-state index in [2.05, 4.69) is 93.7 Å². The molecule has 0 aromatic rings. The molecule has 0 spiro atoms. The minimum Gasteiger partial charge on any atom is -0.462 e. The molecule has 0 aliphatic rings. The van der Waals surface area contributed by atoms with Gasteiger partial charge in [-0.15, -0.1) is 0 Å². The molecule has 0 aromatic carbocycles. The van der Waals surface area contributed by atoms with Gasteiger partial charge in [0.15, 0.2) is 6.10 Å². The fourth-order valence-electron chi connectivity index (χ4n) is 9.77. The Morgan fingerprint density at radius 2 is 0.462 bits per heavy atom. The third-order valence-electron chi connectivity index (χ3n) is 14.9. The van der Waals surface area contributed by atoms with E-state index in [0.717, 1.165) is 83.5 Å². The van der Waals surface area contributed by atoms with E-state index in [4.69, 9.17) is 14.2 Å². The first-order valence-electron chi connectivity index (χ1n) is 33.9. The summed E-state index contributed by atoms with van der Waals surface area (Å²) in [5.74, 6) is -0.878. The third-order valence-corrected chi connectivity index (χ3v) is 14.9. The highest BCUT2D eigenvalue weighted by Gasteiger charge is 2.19. The van der Waals surface area contributed by atoms with Gasteiger partial charge >= 0.3 is 17.9 Å². The molecule has 0 heterocycles. The molecule has 0 bridgehead atoms. The summed E-state index contributed by atoms with van der Waals surface area (Å²) in [7, 11) is 0. The van der Waals surface area contributed by atoms with Crippen LogP contribution in [0.4, 0.5) is 0 Å². The molecule has 6 nitrogen and oxygen atoms in total. The molecule has 1 atom stereocenters. The second-order valence-corrected chi connectivity index (χ2v) is 22.7. The van der Waals surface area contributed by atoms with Crippen LogP contribution in [-0.2, 0) is 28.6 Å². The van der Waals surface area contributed by atoms with Gasteiger partial charge in [-0.2, -0.15) is 0 Å². The van der Waals surface area contributed by atoms with E-state index < -0.39 is 6.10 Å². The first-order chi connectivity index (χ1) is 38.5. The van der Waals surface area contributed by atoms with E-state index in [0.29, 0.717) is 19.3 Å². The van der Waals surface area contributed by atoms with Crippen molar-refractivity contribution in [3.05, 3.63) is 72.9 Å². The van der Waals surface area contributed by atoms with Gasteiger partial charge < -0.3 is 14.2 Å². The van der Waals surface area contributed by atoms with Crippen molar-refractivity contribution in [3.63, 3.8) is 0 Å². The molecular weight excluding hydrogens is 961 g/mol. The predicted molar refractivity (Wildman–Crippen MR) is 339 cm³/mol. The summed E-state index contributed by atoms with van der Waals surface area (Å²) in [6.45, 7) is 6.62. The average molecular weight is 1090 g/mol. The fraction of sp³-hybridized carbons (Fsp3) is 0.792. The quantitative estimate of drug-likeness (QED) is 0.0261. The van der Waals surface area contributed by atoms with Crippen molar-refractivity contribution in [1.29, 1.82) is 0 Å². The van der Waals surface area contributed by atoms with Crippen LogP contribution >= 0.6 is 0 Å². The number of carbonyl (C=O) groups is 3. The van der Waals surface area contributed by atoms with Crippen molar-refractivity contribution in [2.45, 2.75) is 354 Å². The normalized spacial score (nSPS) is 12.5. The highest BCUT2D eigenvalue weighted by molar-refractivity contribution is 5.71. The van der Waals surface area contributed by atoms with Gasteiger partial charge in [-0.3, -0.25) is 14.4 Å². The molecule has 0 saturated heterocycles. The Bertz CT molecular complexity index is 1440. The number of ether oxygens (including phenoxy) is 3. The van der Waals surface area contributed by atoms with Gasteiger partial charge in [-0.1, -0.05) is 286 Å². The van der Waals surface area contributed by atoms with Crippen LogP contribution in [0.3, 0.4) is 0 Å². The smallest absolute Gasteiger partial charge is 0.306 e. The SMILES string of the molecule is CCCCC/C=C\CCCCCCCC(=O)OCC(COC(=O)CCCCCCCCCCCC/C=C\C/C=C\C/C=C\CCCCCCC)OC(=O)CCCCCCCCCCCCC/C=C\C/C=C\CCCCCCC. The molecule has 0 N–H and O–H groups in total. The second-order valence-electron chi connectivity index (χ2n) is 22.7. The largest absolute Gasteiger partial charge is 0.462 e. The summed E-state index contributed by atoms with van der Waals surface area (Å²) in [5.41, 5.74) is 0. The summed E-state index contributed by atoms with van der Waals surface area (Å²) < 4.78 is 16.9. The van der Waals surface area contributed by atoms with Crippen LogP contribution in [0.2, 0.25) is 0 Å². The second kappa shape index (κ2) is 66.4. The molecule has 0 amide bonds. The van der Waals surface area contributed by atoms with Gasteiger partial charge in [0, 0.05) is 19.3 Å². The summed E-state index contributed by atoms with van der Waals surface area (Å²) in [6.07, 6.45) is 86.3. The van der Waals surface area contributed by atoms with Crippen molar-refractivity contribution in [1.82, 2.24) is 0 Å². The zero-order valence-corrected chi connectivity index (χ0v) is 51.9. The fourth-order valence-corrected chi connectivity index (χ4v) is 9.77. The molecule has 0 radical (unpaired) electrons. The first-order valence-corrected chi connectivity index (χ1v) is 33.9. The Kier molecular flexibility index (Phi) is 63.7. The van der Waals surface area contributed by atoms with Crippen LogP contribution in [0.25, 0.3) is 0 Å². The molecule has 0 rings (SSSR count). The lowest BCUT2D eigenvalue weighted by Gasteiger charge is -2.18. The molecule has 0 aliphatic heterocycles. The highest BCUT2D eigenvalue weighted by Crippen LogP contribution is 2.17. The van der Waals surface area contributed by atoms with E-state index in [1.807, 2.05) is 0 Å². The number of rotatable bonds is 62. The lowest BCUT2D eigenvalue weighted by molar-refractivity contribution is -0.167. The van der Waals surface area contributed by atoms with E-state index in [9.17, 15) is 14.4 Å². The van der Waals surface area contributed by atoms with E-state index in [1.165, 1.54) is 225 Å². The Balaban J connectivity index is 4.28. The van der Waals surface area contributed by atoms with Crippen molar-refractivity contribution < 1.29 is 28.6 Å². The van der Waals surface area contributed by atoms with Gasteiger partial charge in [0.1, 0.15) is 13.2 Å². The molecule has 0 saturated carbocycles. The summed E-state index contributed by atoms with van der Waals surface area (Å²) in [6, 6.07) is 0. The van der Waals surface area contributed by atoms with Crippen LogP contribution in [0, 0.1) is 0 Å². The van der Waals surface area contributed by atoms with E-state index in [1.54, 1.807) is 0 Å². The number of unbranched alkanes of at least 4 members (excludes halogenated alkanes) is 39. The average Bonchev–Trinajstić information content (AvgIpc) is 3.44. The predicted octanol–water partition coefficient (Wildman–Crippen LogP) is 23.3. The van der Waals surface area contributed by atoms with Crippen molar-refractivity contribution >= 4 is 17.9 Å². The topological polar surface area (TPSA) is 78.9 Å². The molecule has 78 heavy (non-hydrogen) atoms. The maximum absolute atomic E-state index is 12.9. The Morgan fingerprint density at radius 1 is 0.256 bits per heavy atom. The Labute approximate surface area is 484 Å². The van der Waals surface area contributed by atoms with Crippen LogP contribution in [-0.4, -0.2) is 37.2 Å². The summed E-state index contributed by atoms with van der Waals surface area (Å²) in [4.78, 5) is 38.3. The van der Waals surface area contributed by atoms with Gasteiger partial charge in [-0.25, -0.2) is 0 Å². The minimum absolute atomic E-state index is 0.0791. The van der Waals surface area contributed by atoms with Crippen LogP contribution < -0.4 is 0 Å². The number of hydrogen-bond acceptors (Lipinski definition) is 6. The molecule has 0 aliphatic carbocycles. The minimum atomic E-state index is -0.783. The molecule has 452 valence electrons. The van der Waals surface area contributed by atoms with Gasteiger partial charge in [0.2, 0.25) is 0 Å². The Hall–Kier alpha value is -3.15. The molecular formula is C72H128O6. The number of hydrogen-bond donors (Lipinski definition) is 0. The van der Waals surface area contributed by atoms with Crippen LogP contribution in [0.5, 0.6) is 0 Å². The molecule has 0 aromatic heterocycles. The third kappa shape index (κ3) is 63.7. The molecule has 1 unspecified atom stereocenters. The van der Waals surface area contributed by atoms with Crippen molar-refractivity contribution in [2.24, 2.45) is 0 Å². The van der Waals surface area contributed by atoms with Crippen LogP contribution in [0.15, 0.2) is 72.9 Å². The highest BCUT2D eigenvalue weighted by atomic mass is 16.6. The van der Waals surface area contributed by atoms with Gasteiger partial charge in [0.05, 0.1) is 0 Å². The zero-order chi connectivity index (χ0) is 56.4. The van der Waals surface area contributed by atoms with Gasteiger partial charge in [-0.05, 0) is 116 Å². The summed E-state index contributed by atoms with van der Waals surface area (Å²) >= 11 is 0. The standard InChI is InChI=1S/C72H128O6/c1-4-7-10-13-16-19-22-25-27-29-31-33-35-36-38-39-41-43-45-47-50-53-56-59-62-65-71(74)77-68-69(67-76-70(73)64-61-58-55-52-49-24-21-18-15-12-9-6-3)78-72(75)66-63-60-57-54-51-48-46-44-42-40-37-34-32-30-28-26-23-20-17-14-11-8-5-2/h18,21-23,25-26,29-32,35-36,69H,4-17,19-20,24,27-28,33-34,37-68H2,1-3H3/b21-18-,25-22-,26-23-,31-29-,32-30-,36-35-. The molecule has 0 fully saturated rings. The maximum Gasteiger partial charge on any atom is 0.306 e. The number of esters is 3. The van der Waals surface area contributed by atoms with E-state index in [-0.39, 0.29) is 31.1 Å². The Morgan fingerprint density at radius 3 is 0.756 bits per heavy atom. The van der Waals surface area contributed by atoms with Crippen molar-refractivity contribution in [3.8, 4) is 0 Å². The zero-order valence-electron chi connectivity index (χ0n) is 51.9. The monoisotopic (exact) mass is 1090 g/mol. The lowest BCUT2D eigenvalue weighted by atomic mass is 10.0. The van der Waals surface area contributed by atoms with E-state index >= 15 is 0 Å². The lowest BCUT2D eigenvalue weighted by Crippen LogP contribution is -2.30. The summed E-state index contributed by atoms with van der Waals surface area (Å²) in [5, 5.41) is 0. The molecule has 6 heteroatoms. The number of carbonyl (C=O) groups excluding carboxylic acids is 3.